The van der Waals surface area contributed by atoms with Gasteiger partial charge in [0.1, 0.15) is 5.75 Å². The van der Waals surface area contributed by atoms with Crippen LogP contribution in [-0.4, -0.2) is 18.4 Å². The van der Waals surface area contributed by atoms with Crippen molar-refractivity contribution in [2.45, 2.75) is 13.8 Å². The Hall–Kier alpha value is -2.82. The predicted octanol–water partition coefficient (Wildman–Crippen LogP) is 2.42. The van der Waals surface area contributed by atoms with Crippen LogP contribution >= 0.6 is 0 Å². The Balaban J connectivity index is 1.92. The van der Waals surface area contributed by atoms with E-state index in [4.69, 9.17) is 10.5 Å². The molecule has 5 nitrogen and oxygen atoms in total. The van der Waals surface area contributed by atoms with Gasteiger partial charge in [0.05, 0.1) is 0 Å². The normalized spacial score (nSPS) is 10.1. The molecule has 2 aromatic carbocycles. The third-order valence-corrected chi connectivity index (χ3v) is 3.18. The Kier molecular flexibility index (Phi) is 4.78. The molecule has 0 saturated carbocycles. The molecule has 0 heterocycles. The maximum absolute atomic E-state index is 11.9. The van der Waals surface area contributed by atoms with Crippen molar-refractivity contribution in [2.24, 2.45) is 5.73 Å². The summed E-state index contributed by atoms with van der Waals surface area (Å²) in [6, 6.07) is 12.2. The zero-order valence-electron chi connectivity index (χ0n) is 12.6. The Morgan fingerprint density at radius 1 is 1.09 bits per heavy atom. The fourth-order valence-corrected chi connectivity index (χ4v) is 1.92. The van der Waals surface area contributed by atoms with Gasteiger partial charge in [-0.05, 0) is 55.3 Å². The Morgan fingerprint density at radius 3 is 2.41 bits per heavy atom. The number of anilines is 1. The van der Waals surface area contributed by atoms with Crippen molar-refractivity contribution in [3.63, 3.8) is 0 Å². The van der Waals surface area contributed by atoms with E-state index in [2.05, 4.69) is 5.32 Å². The molecule has 0 aliphatic heterocycles. The molecule has 22 heavy (non-hydrogen) atoms. The summed E-state index contributed by atoms with van der Waals surface area (Å²) in [4.78, 5) is 22.9. The Morgan fingerprint density at radius 2 is 1.77 bits per heavy atom. The highest BCUT2D eigenvalue weighted by Crippen LogP contribution is 2.16. The molecule has 0 fully saturated rings. The smallest absolute Gasteiger partial charge is 0.262 e. The number of carbonyl (C=O) groups is 2. The van der Waals surface area contributed by atoms with Crippen molar-refractivity contribution in [3.05, 3.63) is 59.2 Å². The number of rotatable bonds is 5. The van der Waals surface area contributed by atoms with Crippen LogP contribution in [0.2, 0.25) is 0 Å². The largest absolute Gasteiger partial charge is 0.484 e. The summed E-state index contributed by atoms with van der Waals surface area (Å²) in [5.41, 5.74) is 8.39. The Labute approximate surface area is 129 Å². The second kappa shape index (κ2) is 6.76. The summed E-state index contributed by atoms with van der Waals surface area (Å²) >= 11 is 0. The summed E-state index contributed by atoms with van der Waals surface area (Å²) in [6.45, 7) is 3.79. The number of carbonyl (C=O) groups excluding carboxylic acids is 2. The van der Waals surface area contributed by atoms with Crippen LogP contribution in [-0.2, 0) is 4.79 Å². The van der Waals surface area contributed by atoms with Gasteiger partial charge >= 0.3 is 0 Å². The summed E-state index contributed by atoms with van der Waals surface area (Å²) < 4.78 is 5.38. The van der Waals surface area contributed by atoms with Crippen LogP contribution in [0.5, 0.6) is 5.75 Å². The van der Waals surface area contributed by atoms with Crippen LogP contribution in [0, 0.1) is 13.8 Å². The van der Waals surface area contributed by atoms with E-state index in [9.17, 15) is 9.59 Å². The van der Waals surface area contributed by atoms with E-state index in [1.54, 1.807) is 24.3 Å². The summed E-state index contributed by atoms with van der Waals surface area (Å²) in [7, 11) is 0. The fraction of sp³-hybridized carbons (Fsp3) is 0.176. The monoisotopic (exact) mass is 298 g/mol. The van der Waals surface area contributed by atoms with E-state index < -0.39 is 5.91 Å². The maximum atomic E-state index is 11.9. The topological polar surface area (TPSA) is 81.4 Å². The molecule has 114 valence electrons. The molecule has 3 N–H and O–H groups in total. The van der Waals surface area contributed by atoms with Crippen molar-refractivity contribution in [3.8, 4) is 5.75 Å². The van der Waals surface area contributed by atoms with Crippen molar-refractivity contribution >= 4 is 17.5 Å². The average Bonchev–Trinajstić information content (AvgIpc) is 2.49. The van der Waals surface area contributed by atoms with Crippen LogP contribution in [0.3, 0.4) is 0 Å². The van der Waals surface area contributed by atoms with Crippen molar-refractivity contribution < 1.29 is 14.3 Å². The van der Waals surface area contributed by atoms with E-state index >= 15 is 0 Å². The minimum atomic E-state index is -0.501. The number of benzene rings is 2. The van der Waals surface area contributed by atoms with Crippen LogP contribution in [0.1, 0.15) is 21.5 Å². The summed E-state index contributed by atoms with van der Waals surface area (Å²) in [5.74, 6) is -0.243. The number of nitrogens with one attached hydrogen (secondary N) is 1. The number of hydrogen-bond donors (Lipinski definition) is 2. The van der Waals surface area contributed by atoms with E-state index in [0.717, 1.165) is 16.8 Å². The van der Waals surface area contributed by atoms with E-state index in [0.29, 0.717) is 11.3 Å². The molecule has 0 spiro atoms. The zero-order chi connectivity index (χ0) is 16.1. The first-order chi connectivity index (χ1) is 10.5. The van der Waals surface area contributed by atoms with E-state index in [1.807, 2.05) is 32.0 Å². The van der Waals surface area contributed by atoms with Gasteiger partial charge in [-0.15, -0.1) is 0 Å². The molecule has 0 radical (unpaired) electrons. The molecule has 2 aromatic rings. The molecule has 0 bridgehead atoms. The molecule has 5 heteroatoms. The molecule has 2 rings (SSSR count). The molecule has 0 aliphatic carbocycles. The third-order valence-electron chi connectivity index (χ3n) is 3.18. The average molecular weight is 298 g/mol. The first-order valence-electron chi connectivity index (χ1n) is 6.85. The number of primary amides is 1. The maximum Gasteiger partial charge on any atom is 0.262 e. The van der Waals surface area contributed by atoms with Gasteiger partial charge in [-0.1, -0.05) is 12.1 Å². The molecule has 0 saturated heterocycles. The lowest BCUT2D eigenvalue weighted by Crippen LogP contribution is -2.20. The standard InChI is InChI=1S/C17H18N2O3/c1-11-3-4-12(2)15(9-11)19-16(20)10-22-14-7-5-13(6-8-14)17(18)21/h3-9H,10H2,1-2H3,(H2,18,21)(H,19,20). The minimum Gasteiger partial charge on any atom is -0.484 e. The lowest BCUT2D eigenvalue weighted by Gasteiger charge is -2.10. The molecule has 2 amide bonds. The minimum absolute atomic E-state index is 0.108. The fourth-order valence-electron chi connectivity index (χ4n) is 1.92. The first-order valence-corrected chi connectivity index (χ1v) is 6.85. The number of hydrogen-bond acceptors (Lipinski definition) is 3. The van der Waals surface area contributed by atoms with Crippen LogP contribution < -0.4 is 15.8 Å². The van der Waals surface area contributed by atoms with Crippen LogP contribution in [0.25, 0.3) is 0 Å². The highest BCUT2D eigenvalue weighted by molar-refractivity contribution is 5.93. The van der Waals surface area contributed by atoms with Crippen LogP contribution in [0.4, 0.5) is 5.69 Å². The lowest BCUT2D eigenvalue weighted by atomic mass is 10.1. The van der Waals surface area contributed by atoms with Crippen LogP contribution in [0.15, 0.2) is 42.5 Å². The zero-order valence-corrected chi connectivity index (χ0v) is 12.6. The van der Waals surface area contributed by atoms with Crippen molar-refractivity contribution in [1.29, 1.82) is 0 Å². The van der Waals surface area contributed by atoms with Gasteiger partial charge in [-0.2, -0.15) is 0 Å². The number of aryl methyl sites for hydroxylation is 2. The molecule has 0 atom stereocenters. The summed E-state index contributed by atoms with van der Waals surface area (Å²) in [6.07, 6.45) is 0. The molecular formula is C17H18N2O3. The van der Waals surface area contributed by atoms with Gasteiger partial charge in [-0.25, -0.2) is 0 Å². The molecule has 0 aromatic heterocycles. The van der Waals surface area contributed by atoms with Gasteiger partial charge in [0.2, 0.25) is 5.91 Å². The number of nitrogens with two attached hydrogens (primary N) is 1. The van der Waals surface area contributed by atoms with E-state index in [1.165, 1.54) is 0 Å². The quantitative estimate of drug-likeness (QED) is 0.889. The van der Waals surface area contributed by atoms with Gasteiger partial charge < -0.3 is 15.8 Å². The lowest BCUT2D eigenvalue weighted by molar-refractivity contribution is -0.118. The van der Waals surface area contributed by atoms with Gasteiger partial charge in [0.25, 0.3) is 5.91 Å². The number of ether oxygens (including phenoxy) is 1. The van der Waals surface area contributed by atoms with Gasteiger partial charge in [0, 0.05) is 11.3 Å². The SMILES string of the molecule is Cc1ccc(C)c(NC(=O)COc2ccc(C(N)=O)cc2)c1. The molecule has 0 aliphatic rings. The third kappa shape index (κ3) is 4.09. The highest BCUT2D eigenvalue weighted by atomic mass is 16.5. The Bertz CT molecular complexity index is 694. The van der Waals surface area contributed by atoms with Crippen molar-refractivity contribution in [2.75, 3.05) is 11.9 Å². The number of amides is 2. The van der Waals surface area contributed by atoms with E-state index in [-0.39, 0.29) is 12.5 Å². The molecular weight excluding hydrogens is 280 g/mol. The van der Waals surface area contributed by atoms with Crippen molar-refractivity contribution in [1.82, 2.24) is 0 Å². The summed E-state index contributed by atoms with van der Waals surface area (Å²) in [5, 5.41) is 2.81. The second-order valence-corrected chi connectivity index (χ2v) is 5.04. The predicted molar refractivity (Wildman–Crippen MR) is 85.0 cm³/mol. The second-order valence-electron chi connectivity index (χ2n) is 5.04. The first kappa shape index (κ1) is 15.6. The van der Waals surface area contributed by atoms with Gasteiger partial charge in [-0.3, -0.25) is 9.59 Å². The highest BCUT2D eigenvalue weighted by Gasteiger charge is 2.07. The van der Waals surface area contributed by atoms with Gasteiger partial charge in [0.15, 0.2) is 6.61 Å². The molecule has 0 unspecified atom stereocenters.